The fourth-order valence-electron chi connectivity index (χ4n) is 1.70. The van der Waals surface area contributed by atoms with Crippen LogP contribution in [0, 0.1) is 0 Å². The van der Waals surface area contributed by atoms with Crippen molar-refractivity contribution in [3.05, 3.63) is 29.8 Å². The molecule has 1 heterocycles. The molecule has 0 N–H and O–H groups in total. The van der Waals surface area contributed by atoms with E-state index in [1.165, 1.54) is 7.11 Å². The molecule has 1 aliphatic heterocycles. The van der Waals surface area contributed by atoms with Gasteiger partial charge in [0.15, 0.2) is 0 Å². The summed E-state index contributed by atoms with van der Waals surface area (Å²) in [6.45, 7) is 0. The lowest BCUT2D eigenvalue weighted by atomic mass is 10.1. The van der Waals surface area contributed by atoms with E-state index in [1.807, 2.05) is 0 Å². The van der Waals surface area contributed by atoms with Gasteiger partial charge in [0, 0.05) is 5.56 Å². The van der Waals surface area contributed by atoms with Gasteiger partial charge in [-0.05, 0) is 6.07 Å². The number of ether oxygens (including phenoxy) is 2. The molecule has 0 unspecified atom stereocenters. The summed E-state index contributed by atoms with van der Waals surface area (Å²) in [7, 11) is 1.49. The molecule has 5 heteroatoms. The highest BCUT2D eigenvalue weighted by atomic mass is 19.4. The predicted octanol–water partition coefficient (Wildman–Crippen LogP) is 3.09. The average Bonchev–Trinajstić information content (AvgIpc) is 2.94. The van der Waals surface area contributed by atoms with Gasteiger partial charge in [0.2, 0.25) is 0 Å². The first-order chi connectivity index (χ1) is 7.51. The van der Waals surface area contributed by atoms with Gasteiger partial charge in [-0.3, -0.25) is 0 Å². The first kappa shape index (κ1) is 11.3. The second-order valence-corrected chi connectivity index (χ2v) is 3.66. The fourth-order valence-corrected chi connectivity index (χ4v) is 1.70. The van der Waals surface area contributed by atoms with E-state index in [9.17, 15) is 13.2 Å². The highest BCUT2D eigenvalue weighted by molar-refractivity contribution is 5.37. The summed E-state index contributed by atoms with van der Waals surface area (Å²) in [4.78, 5) is 0. The minimum atomic E-state index is -4.18. The molecule has 1 aromatic carbocycles. The Labute approximate surface area is 91.0 Å². The summed E-state index contributed by atoms with van der Waals surface area (Å²) in [5.41, 5.74) is 0.680. The molecule has 1 aromatic rings. The van der Waals surface area contributed by atoms with Crippen LogP contribution in [0.1, 0.15) is 18.1 Å². The SMILES string of the molecule is COc1ccccc1[C@H]1O[C@@H]1CC(F)(F)F. The standard InChI is InChI=1S/C11H11F3O2/c1-15-8-5-3-2-4-7(8)10-9(16-10)6-11(12,13)14/h2-5,9-10H,6H2,1H3/t9-,10-/m1/s1. The quantitative estimate of drug-likeness (QED) is 0.747. The van der Waals surface area contributed by atoms with E-state index < -0.39 is 24.8 Å². The summed E-state index contributed by atoms with van der Waals surface area (Å²) in [5, 5.41) is 0. The molecule has 2 rings (SSSR count). The van der Waals surface area contributed by atoms with Crippen LogP contribution in [0.4, 0.5) is 13.2 Å². The molecule has 0 spiro atoms. The zero-order valence-corrected chi connectivity index (χ0v) is 8.62. The van der Waals surface area contributed by atoms with Gasteiger partial charge in [-0.1, -0.05) is 18.2 Å². The second kappa shape index (κ2) is 3.97. The molecule has 2 atom stereocenters. The summed E-state index contributed by atoms with van der Waals surface area (Å²) < 4.78 is 46.4. The first-order valence-corrected chi connectivity index (χ1v) is 4.86. The van der Waals surface area contributed by atoms with Gasteiger partial charge >= 0.3 is 6.18 Å². The van der Waals surface area contributed by atoms with Crippen molar-refractivity contribution >= 4 is 0 Å². The minimum Gasteiger partial charge on any atom is -0.496 e. The Balaban J connectivity index is 2.06. The van der Waals surface area contributed by atoms with Crippen LogP contribution in [0.15, 0.2) is 24.3 Å². The summed E-state index contributed by atoms with van der Waals surface area (Å²) in [6.07, 6.45) is -6.34. The Morgan fingerprint density at radius 2 is 2.00 bits per heavy atom. The van der Waals surface area contributed by atoms with E-state index in [0.29, 0.717) is 11.3 Å². The van der Waals surface area contributed by atoms with Crippen LogP contribution >= 0.6 is 0 Å². The molecule has 0 aromatic heterocycles. The molecule has 0 radical (unpaired) electrons. The Hall–Kier alpha value is -1.23. The third-order valence-corrected chi connectivity index (χ3v) is 2.46. The van der Waals surface area contributed by atoms with Crippen molar-refractivity contribution in [3.8, 4) is 5.75 Å². The van der Waals surface area contributed by atoms with Crippen molar-refractivity contribution in [2.75, 3.05) is 7.11 Å². The zero-order chi connectivity index (χ0) is 11.8. The van der Waals surface area contributed by atoms with Crippen molar-refractivity contribution in [1.29, 1.82) is 0 Å². The number of methoxy groups -OCH3 is 1. The topological polar surface area (TPSA) is 21.8 Å². The van der Waals surface area contributed by atoms with Gasteiger partial charge in [-0.15, -0.1) is 0 Å². The largest absolute Gasteiger partial charge is 0.496 e. The molecule has 0 aliphatic carbocycles. The molecular formula is C11H11F3O2. The van der Waals surface area contributed by atoms with Gasteiger partial charge in [-0.2, -0.15) is 13.2 Å². The van der Waals surface area contributed by atoms with Crippen LogP contribution in [-0.4, -0.2) is 19.4 Å². The molecular weight excluding hydrogens is 221 g/mol. The van der Waals surface area contributed by atoms with Crippen molar-refractivity contribution in [1.82, 2.24) is 0 Å². The third kappa shape index (κ3) is 2.47. The average molecular weight is 232 g/mol. The van der Waals surface area contributed by atoms with E-state index in [1.54, 1.807) is 24.3 Å². The van der Waals surface area contributed by atoms with E-state index in [0.717, 1.165) is 0 Å². The van der Waals surface area contributed by atoms with Crippen LogP contribution < -0.4 is 4.74 Å². The predicted molar refractivity (Wildman–Crippen MR) is 51.3 cm³/mol. The van der Waals surface area contributed by atoms with Crippen LogP contribution in [0.2, 0.25) is 0 Å². The number of hydrogen-bond acceptors (Lipinski definition) is 2. The Morgan fingerprint density at radius 1 is 1.31 bits per heavy atom. The number of halogens is 3. The third-order valence-electron chi connectivity index (χ3n) is 2.46. The molecule has 1 fully saturated rings. The van der Waals surface area contributed by atoms with Gasteiger partial charge in [-0.25, -0.2) is 0 Å². The number of epoxide rings is 1. The number of rotatable bonds is 3. The van der Waals surface area contributed by atoms with E-state index >= 15 is 0 Å². The molecule has 0 amide bonds. The normalized spacial score (nSPS) is 24.2. The van der Waals surface area contributed by atoms with E-state index in [4.69, 9.17) is 9.47 Å². The highest BCUT2D eigenvalue weighted by Gasteiger charge is 2.48. The number of para-hydroxylation sites is 1. The van der Waals surface area contributed by atoms with Crippen LogP contribution in [0.25, 0.3) is 0 Å². The summed E-state index contributed by atoms with van der Waals surface area (Å²) in [6, 6.07) is 6.95. The lowest BCUT2D eigenvalue weighted by molar-refractivity contribution is -0.137. The fraction of sp³-hybridized carbons (Fsp3) is 0.455. The van der Waals surface area contributed by atoms with Crippen LogP contribution in [0.3, 0.4) is 0 Å². The smallest absolute Gasteiger partial charge is 0.391 e. The van der Waals surface area contributed by atoms with Crippen molar-refractivity contribution < 1.29 is 22.6 Å². The Kier molecular flexibility index (Phi) is 2.80. The Bertz CT molecular complexity index is 376. The van der Waals surface area contributed by atoms with Crippen molar-refractivity contribution in [3.63, 3.8) is 0 Å². The van der Waals surface area contributed by atoms with Gasteiger partial charge in [0.25, 0.3) is 0 Å². The van der Waals surface area contributed by atoms with Gasteiger partial charge in [0.1, 0.15) is 11.9 Å². The number of hydrogen-bond donors (Lipinski definition) is 0. The first-order valence-electron chi connectivity index (χ1n) is 4.86. The maximum absolute atomic E-state index is 12.1. The maximum Gasteiger partial charge on any atom is 0.391 e. The van der Waals surface area contributed by atoms with Crippen LogP contribution in [-0.2, 0) is 4.74 Å². The molecule has 88 valence electrons. The van der Waals surface area contributed by atoms with Crippen molar-refractivity contribution in [2.45, 2.75) is 24.8 Å². The minimum absolute atomic E-state index is 0.488. The number of alkyl halides is 3. The van der Waals surface area contributed by atoms with E-state index in [2.05, 4.69) is 0 Å². The van der Waals surface area contributed by atoms with Gasteiger partial charge < -0.3 is 9.47 Å². The van der Waals surface area contributed by atoms with Crippen molar-refractivity contribution in [2.24, 2.45) is 0 Å². The second-order valence-electron chi connectivity index (χ2n) is 3.66. The molecule has 1 saturated heterocycles. The maximum atomic E-state index is 12.1. The molecule has 16 heavy (non-hydrogen) atoms. The zero-order valence-electron chi connectivity index (χ0n) is 8.62. The summed E-state index contributed by atoms with van der Waals surface area (Å²) >= 11 is 0. The molecule has 2 nitrogen and oxygen atoms in total. The number of benzene rings is 1. The molecule has 0 bridgehead atoms. The Morgan fingerprint density at radius 3 is 2.62 bits per heavy atom. The lowest BCUT2D eigenvalue weighted by Gasteiger charge is -2.05. The molecule has 1 aliphatic rings. The summed E-state index contributed by atoms with van der Waals surface area (Å²) in [5.74, 6) is 0.567. The van der Waals surface area contributed by atoms with Crippen LogP contribution in [0.5, 0.6) is 5.75 Å². The lowest BCUT2D eigenvalue weighted by Crippen LogP contribution is -2.11. The monoisotopic (exact) mass is 232 g/mol. The molecule has 0 saturated carbocycles. The van der Waals surface area contributed by atoms with E-state index in [-0.39, 0.29) is 0 Å². The highest BCUT2D eigenvalue weighted by Crippen LogP contribution is 2.47. The van der Waals surface area contributed by atoms with Gasteiger partial charge in [0.05, 0.1) is 19.6 Å².